The maximum Gasteiger partial charge on any atom is 0.296 e. The lowest BCUT2D eigenvalue weighted by atomic mass is 9.95. The fourth-order valence-corrected chi connectivity index (χ4v) is 6.21. The average molecular weight is 646 g/mol. The largest absolute Gasteiger partial charge is 0.494 e. The predicted molar refractivity (Wildman–Crippen MR) is 177 cm³/mol. The van der Waals surface area contributed by atoms with Crippen molar-refractivity contribution in [1.82, 2.24) is 0 Å². The predicted octanol–water partition coefficient (Wildman–Crippen LogP) is 7.21. The average Bonchev–Trinajstić information content (AvgIpc) is 3.03. The zero-order valence-corrected chi connectivity index (χ0v) is 26.4. The van der Waals surface area contributed by atoms with E-state index in [0.717, 1.165) is 16.9 Å². The minimum absolute atomic E-state index is 0.00717. The number of ether oxygens (including phenoxy) is 1. The molecule has 3 N–H and O–H groups in total. The highest BCUT2D eigenvalue weighted by Crippen LogP contribution is 2.35. The standard InChI is InChI=1S/C32H31N5O6S2/c1-4-44(38,39)27-14-12-25(13-15-27)34-35-28-20-31(43-3)29(16-21(28)2)36-37-30-18-22-10-11-26(33-24-8-6-5-7-9-24)17-23(22)19-32(30)45(40,41)42/h5-17,19-20,33,36H,4,18H2,1-3H3,(H,40,41,42)/b35-34?,37-30+. The van der Waals surface area contributed by atoms with E-state index >= 15 is 0 Å². The highest BCUT2D eigenvalue weighted by molar-refractivity contribution is 7.91. The number of rotatable bonds is 10. The van der Waals surface area contributed by atoms with Crippen LogP contribution in [0.1, 0.15) is 23.6 Å². The third-order valence-electron chi connectivity index (χ3n) is 7.09. The van der Waals surface area contributed by atoms with E-state index in [9.17, 15) is 21.4 Å². The summed E-state index contributed by atoms with van der Waals surface area (Å²) in [5.74, 6) is 0.376. The van der Waals surface area contributed by atoms with Gasteiger partial charge in [0.1, 0.15) is 10.7 Å². The fraction of sp³-hybridized carbons (Fsp3) is 0.156. The van der Waals surface area contributed by atoms with Crippen molar-refractivity contribution < 1.29 is 26.1 Å². The number of hydrogen-bond acceptors (Lipinski definition) is 10. The molecule has 0 unspecified atom stereocenters. The number of nitrogens with zero attached hydrogens (tertiary/aromatic N) is 3. The van der Waals surface area contributed by atoms with Crippen molar-refractivity contribution >= 4 is 60.2 Å². The third kappa shape index (κ3) is 7.45. The van der Waals surface area contributed by atoms with E-state index < -0.39 is 20.0 Å². The number of benzene rings is 4. The maximum absolute atomic E-state index is 12.4. The summed E-state index contributed by atoms with van der Waals surface area (Å²) in [4.78, 5) is -0.0876. The Morgan fingerprint density at radius 1 is 0.889 bits per heavy atom. The Hall–Kier alpha value is -4.85. The number of fused-ring (bicyclic) bond motifs is 1. The number of anilines is 3. The molecular weight excluding hydrogens is 615 g/mol. The van der Waals surface area contributed by atoms with Crippen LogP contribution in [0.2, 0.25) is 0 Å². The number of azo groups is 1. The van der Waals surface area contributed by atoms with Gasteiger partial charge in [-0.2, -0.15) is 23.7 Å². The zero-order valence-electron chi connectivity index (χ0n) is 24.7. The number of para-hydroxylation sites is 1. The van der Waals surface area contributed by atoms with Crippen LogP contribution in [0.4, 0.5) is 28.4 Å². The van der Waals surface area contributed by atoms with E-state index in [0.29, 0.717) is 33.9 Å². The third-order valence-corrected chi connectivity index (χ3v) is 9.75. The van der Waals surface area contributed by atoms with Crippen molar-refractivity contribution in [1.29, 1.82) is 0 Å². The summed E-state index contributed by atoms with van der Waals surface area (Å²) in [5.41, 5.74) is 8.27. The molecule has 5 rings (SSSR count). The SMILES string of the molecule is CCS(=O)(=O)c1ccc(N=Nc2cc(OC)c(N/N=C3\Cc4ccc(Nc5ccccc5)cc4C=C3S(=O)(=O)O)cc2C)cc1. The van der Waals surface area contributed by atoms with Gasteiger partial charge in [-0.15, -0.1) is 0 Å². The molecule has 0 bridgehead atoms. The van der Waals surface area contributed by atoms with E-state index in [1.165, 1.54) is 25.3 Å². The Morgan fingerprint density at radius 2 is 1.62 bits per heavy atom. The summed E-state index contributed by atoms with van der Waals surface area (Å²) in [5, 5.41) is 16.2. The Balaban J connectivity index is 1.38. The number of aryl methyl sites for hydroxylation is 1. The van der Waals surface area contributed by atoms with Gasteiger partial charge in [-0.25, -0.2) is 8.42 Å². The molecule has 0 spiro atoms. The Morgan fingerprint density at radius 3 is 2.29 bits per heavy atom. The summed E-state index contributed by atoms with van der Waals surface area (Å²) < 4.78 is 64.4. The molecule has 0 aromatic heterocycles. The van der Waals surface area contributed by atoms with Crippen LogP contribution in [0.5, 0.6) is 5.75 Å². The lowest BCUT2D eigenvalue weighted by molar-refractivity contribution is 0.416. The number of hydrogen-bond donors (Lipinski definition) is 3. The second kappa shape index (κ2) is 13.0. The minimum atomic E-state index is -4.59. The Bertz CT molecular complexity index is 2040. The van der Waals surface area contributed by atoms with Gasteiger partial charge in [0.25, 0.3) is 10.1 Å². The Kier molecular flexibility index (Phi) is 9.14. The van der Waals surface area contributed by atoms with E-state index in [-0.39, 0.29) is 27.7 Å². The molecule has 1 aliphatic carbocycles. The van der Waals surface area contributed by atoms with Gasteiger partial charge >= 0.3 is 0 Å². The molecule has 1 aliphatic rings. The number of hydrazone groups is 1. The molecular formula is C32H31N5O6S2. The van der Waals surface area contributed by atoms with Gasteiger partial charge in [0.2, 0.25) is 0 Å². The summed E-state index contributed by atoms with van der Waals surface area (Å²) in [7, 11) is -6.44. The van der Waals surface area contributed by atoms with Crippen molar-refractivity contribution in [2.45, 2.75) is 25.2 Å². The first-order valence-electron chi connectivity index (χ1n) is 13.9. The van der Waals surface area contributed by atoms with Crippen LogP contribution < -0.4 is 15.5 Å². The van der Waals surface area contributed by atoms with E-state index in [1.54, 1.807) is 31.2 Å². The number of sulfone groups is 1. The van der Waals surface area contributed by atoms with Gasteiger partial charge in [0.05, 0.1) is 40.5 Å². The highest BCUT2D eigenvalue weighted by Gasteiger charge is 2.26. The normalized spacial score (nSPS) is 14.2. The summed E-state index contributed by atoms with van der Waals surface area (Å²) in [6.07, 6.45) is 1.56. The van der Waals surface area contributed by atoms with Crippen molar-refractivity contribution in [3.8, 4) is 5.75 Å². The zero-order chi connectivity index (χ0) is 32.2. The van der Waals surface area contributed by atoms with Crippen LogP contribution in [0, 0.1) is 6.92 Å². The molecule has 11 nitrogen and oxygen atoms in total. The molecule has 232 valence electrons. The minimum Gasteiger partial charge on any atom is -0.494 e. The monoisotopic (exact) mass is 645 g/mol. The van der Waals surface area contributed by atoms with E-state index in [4.69, 9.17) is 4.74 Å². The second-order valence-corrected chi connectivity index (χ2v) is 13.8. The lowest BCUT2D eigenvalue weighted by Gasteiger charge is -2.19. The van der Waals surface area contributed by atoms with Crippen LogP contribution >= 0.6 is 0 Å². The first-order chi connectivity index (χ1) is 21.5. The van der Waals surface area contributed by atoms with Crippen LogP contribution in [-0.4, -0.2) is 40.0 Å². The van der Waals surface area contributed by atoms with Crippen LogP contribution in [0.25, 0.3) is 6.08 Å². The summed E-state index contributed by atoms with van der Waals surface area (Å²) in [6, 6.07) is 24.7. The number of nitrogens with one attached hydrogen (secondary N) is 2. The van der Waals surface area contributed by atoms with Gasteiger partial charge < -0.3 is 10.1 Å². The van der Waals surface area contributed by atoms with Crippen LogP contribution in [0.15, 0.2) is 110 Å². The summed E-state index contributed by atoms with van der Waals surface area (Å²) >= 11 is 0. The van der Waals surface area contributed by atoms with Crippen molar-refractivity contribution in [2.24, 2.45) is 15.3 Å². The van der Waals surface area contributed by atoms with Gasteiger partial charge in [-0.05, 0) is 84.3 Å². The van der Waals surface area contributed by atoms with Crippen molar-refractivity contribution in [3.05, 3.63) is 107 Å². The smallest absolute Gasteiger partial charge is 0.296 e. The van der Waals surface area contributed by atoms with Gasteiger partial charge in [0.15, 0.2) is 9.84 Å². The molecule has 0 radical (unpaired) electrons. The van der Waals surface area contributed by atoms with Crippen molar-refractivity contribution in [3.63, 3.8) is 0 Å². The van der Waals surface area contributed by atoms with Gasteiger partial charge in [-0.3, -0.25) is 9.98 Å². The molecule has 0 heterocycles. The quantitative estimate of drug-likeness (QED) is 0.0927. The van der Waals surface area contributed by atoms with Gasteiger partial charge in [-0.1, -0.05) is 31.2 Å². The molecule has 4 aromatic carbocycles. The van der Waals surface area contributed by atoms with Crippen LogP contribution in [-0.2, 0) is 26.4 Å². The summed E-state index contributed by atoms with van der Waals surface area (Å²) in [6.45, 7) is 3.40. The lowest BCUT2D eigenvalue weighted by Crippen LogP contribution is -2.20. The first-order valence-corrected chi connectivity index (χ1v) is 17.0. The first kappa shape index (κ1) is 31.6. The topological polar surface area (TPSA) is 159 Å². The molecule has 0 amide bonds. The fourth-order valence-electron chi connectivity index (χ4n) is 4.63. The molecule has 0 aliphatic heterocycles. The number of allylic oxidation sites excluding steroid dienone is 1. The van der Waals surface area contributed by atoms with Crippen LogP contribution in [0.3, 0.4) is 0 Å². The van der Waals surface area contributed by atoms with Gasteiger partial charge in [0, 0.05) is 23.9 Å². The molecule has 13 heteroatoms. The second-order valence-electron chi connectivity index (χ2n) is 10.2. The molecule has 45 heavy (non-hydrogen) atoms. The molecule has 4 aromatic rings. The molecule has 0 saturated heterocycles. The highest BCUT2D eigenvalue weighted by atomic mass is 32.2. The maximum atomic E-state index is 12.4. The Labute approximate surface area is 262 Å². The van der Waals surface area contributed by atoms with E-state index in [2.05, 4.69) is 26.1 Å². The molecule has 0 fully saturated rings. The molecule has 0 atom stereocenters. The molecule has 0 saturated carbocycles. The van der Waals surface area contributed by atoms with Crippen molar-refractivity contribution in [2.75, 3.05) is 23.6 Å². The number of methoxy groups -OCH3 is 1. The van der Waals surface area contributed by atoms with E-state index in [1.807, 2.05) is 55.5 Å².